The maximum absolute atomic E-state index is 12.9. The molecule has 154 valence electrons. The Morgan fingerprint density at radius 3 is 2.10 bits per heavy atom. The summed E-state index contributed by atoms with van der Waals surface area (Å²) in [7, 11) is 0. The van der Waals surface area contributed by atoms with E-state index in [2.05, 4.69) is 10.6 Å². The molecule has 5 heteroatoms. The molecule has 2 N–H and O–H groups in total. The topological polar surface area (TPSA) is 58.2 Å². The highest BCUT2D eigenvalue weighted by molar-refractivity contribution is 5.81. The fourth-order valence-electron chi connectivity index (χ4n) is 3.88. The number of halogens is 1. The van der Waals surface area contributed by atoms with Gasteiger partial charge in [-0.3, -0.25) is 9.59 Å². The molecule has 3 rings (SSSR count). The molecule has 2 aromatic rings. The maximum Gasteiger partial charge on any atom is 0.223 e. The Morgan fingerprint density at radius 2 is 1.48 bits per heavy atom. The minimum absolute atomic E-state index is 0.0118. The van der Waals surface area contributed by atoms with E-state index in [4.69, 9.17) is 0 Å². The normalized spacial score (nSPS) is 18.8. The van der Waals surface area contributed by atoms with Crippen molar-refractivity contribution in [3.8, 4) is 0 Å². The van der Waals surface area contributed by atoms with Crippen LogP contribution in [0.4, 0.5) is 4.39 Å². The van der Waals surface area contributed by atoms with Gasteiger partial charge in [0, 0.05) is 24.9 Å². The van der Waals surface area contributed by atoms with E-state index in [0.29, 0.717) is 19.5 Å². The molecule has 0 spiro atoms. The Hall–Kier alpha value is -2.69. The van der Waals surface area contributed by atoms with Gasteiger partial charge in [-0.25, -0.2) is 4.39 Å². The summed E-state index contributed by atoms with van der Waals surface area (Å²) in [4.78, 5) is 24.9. The standard InChI is InChI=1S/C24H29FN2O2/c1-17-4-2-3-5-21(17)16-27-24(29)20-10-8-19(9-11-20)23(28)26-15-14-18-6-12-22(25)13-7-18/h2-7,12-13,19-20H,8-11,14-16H2,1H3,(H,26,28)(H,27,29). The number of hydrogen-bond acceptors (Lipinski definition) is 2. The molecule has 0 radical (unpaired) electrons. The highest BCUT2D eigenvalue weighted by Gasteiger charge is 2.29. The number of rotatable bonds is 7. The summed E-state index contributed by atoms with van der Waals surface area (Å²) in [5.74, 6) is -0.141. The van der Waals surface area contributed by atoms with Crippen LogP contribution in [0.1, 0.15) is 42.4 Å². The molecule has 0 aliphatic heterocycles. The molecule has 1 fully saturated rings. The predicted octanol–water partition coefficient (Wildman–Crippen LogP) is 3.92. The van der Waals surface area contributed by atoms with Crippen molar-refractivity contribution < 1.29 is 14.0 Å². The number of aryl methyl sites for hydroxylation is 1. The van der Waals surface area contributed by atoms with Crippen molar-refractivity contribution in [2.24, 2.45) is 11.8 Å². The zero-order valence-electron chi connectivity index (χ0n) is 16.9. The molecule has 2 aromatic carbocycles. The lowest BCUT2D eigenvalue weighted by atomic mass is 9.81. The van der Waals surface area contributed by atoms with E-state index in [-0.39, 0.29) is 29.5 Å². The predicted molar refractivity (Wildman–Crippen MR) is 112 cm³/mol. The van der Waals surface area contributed by atoms with Gasteiger partial charge in [-0.05, 0) is 67.9 Å². The van der Waals surface area contributed by atoms with Crippen molar-refractivity contribution >= 4 is 11.8 Å². The molecule has 1 aliphatic rings. The van der Waals surface area contributed by atoms with E-state index >= 15 is 0 Å². The van der Waals surface area contributed by atoms with Crippen LogP contribution in [0.15, 0.2) is 48.5 Å². The van der Waals surface area contributed by atoms with Gasteiger partial charge >= 0.3 is 0 Å². The lowest BCUT2D eigenvalue weighted by Gasteiger charge is -2.27. The van der Waals surface area contributed by atoms with Gasteiger partial charge in [0.2, 0.25) is 11.8 Å². The Bertz CT molecular complexity index is 827. The highest BCUT2D eigenvalue weighted by atomic mass is 19.1. The number of amides is 2. The van der Waals surface area contributed by atoms with Crippen molar-refractivity contribution in [3.05, 3.63) is 71.0 Å². The first kappa shape index (κ1) is 21.0. The average molecular weight is 397 g/mol. The van der Waals surface area contributed by atoms with Gasteiger partial charge in [-0.15, -0.1) is 0 Å². The molecule has 0 bridgehead atoms. The van der Waals surface area contributed by atoms with E-state index < -0.39 is 0 Å². The number of carbonyl (C=O) groups is 2. The molecular weight excluding hydrogens is 367 g/mol. The molecule has 0 atom stereocenters. The van der Waals surface area contributed by atoms with Crippen LogP contribution in [0.5, 0.6) is 0 Å². The SMILES string of the molecule is Cc1ccccc1CNC(=O)C1CCC(C(=O)NCCc2ccc(F)cc2)CC1. The summed E-state index contributed by atoms with van der Waals surface area (Å²) in [6.07, 6.45) is 3.66. The van der Waals surface area contributed by atoms with Crippen LogP contribution in [0.2, 0.25) is 0 Å². The van der Waals surface area contributed by atoms with Gasteiger partial charge in [0.25, 0.3) is 0 Å². The summed E-state index contributed by atoms with van der Waals surface area (Å²) in [6.45, 7) is 3.14. The quantitative estimate of drug-likeness (QED) is 0.745. The Morgan fingerprint density at radius 1 is 0.897 bits per heavy atom. The van der Waals surface area contributed by atoms with Gasteiger partial charge in [0.05, 0.1) is 0 Å². The van der Waals surface area contributed by atoms with Crippen LogP contribution in [0.3, 0.4) is 0 Å². The fourth-order valence-corrected chi connectivity index (χ4v) is 3.88. The number of carbonyl (C=O) groups excluding carboxylic acids is 2. The molecule has 2 amide bonds. The van der Waals surface area contributed by atoms with Crippen molar-refractivity contribution in [1.82, 2.24) is 10.6 Å². The van der Waals surface area contributed by atoms with Crippen molar-refractivity contribution in [2.75, 3.05) is 6.54 Å². The van der Waals surface area contributed by atoms with Gasteiger partial charge in [-0.2, -0.15) is 0 Å². The van der Waals surface area contributed by atoms with Crippen LogP contribution < -0.4 is 10.6 Å². The van der Waals surface area contributed by atoms with Gasteiger partial charge in [0.15, 0.2) is 0 Å². The Kier molecular flexibility index (Phi) is 7.39. The summed E-state index contributed by atoms with van der Waals surface area (Å²) in [5.41, 5.74) is 3.31. The largest absolute Gasteiger partial charge is 0.356 e. The maximum atomic E-state index is 12.9. The third kappa shape index (κ3) is 6.14. The molecule has 4 nitrogen and oxygen atoms in total. The molecule has 1 saturated carbocycles. The van der Waals surface area contributed by atoms with Crippen molar-refractivity contribution in [3.63, 3.8) is 0 Å². The zero-order valence-corrected chi connectivity index (χ0v) is 16.9. The van der Waals surface area contributed by atoms with E-state index in [1.807, 2.05) is 31.2 Å². The first-order valence-electron chi connectivity index (χ1n) is 10.4. The molecule has 29 heavy (non-hydrogen) atoms. The van der Waals surface area contributed by atoms with E-state index in [9.17, 15) is 14.0 Å². The lowest BCUT2D eigenvalue weighted by molar-refractivity contribution is -0.130. The monoisotopic (exact) mass is 396 g/mol. The second-order valence-corrected chi connectivity index (χ2v) is 7.86. The van der Waals surface area contributed by atoms with E-state index in [0.717, 1.165) is 36.8 Å². The first-order valence-corrected chi connectivity index (χ1v) is 10.4. The Balaban J connectivity index is 1.36. The molecule has 0 unspecified atom stereocenters. The summed E-state index contributed by atoms with van der Waals surface area (Å²) >= 11 is 0. The van der Waals surface area contributed by atoms with Gasteiger partial charge in [-0.1, -0.05) is 36.4 Å². The van der Waals surface area contributed by atoms with Crippen LogP contribution >= 0.6 is 0 Å². The van der Waals surface area contributed by atoms with E-state index in [1.165, 1.54) is 17.7 Å². The van der Waals surface area contributed by atoms with Gasteiger partial charge < -0.3 is 10.6 Å². The van der Waals surface area contributed by atoms with E-state index in [1.54, 1.807) is 12.1 Å². The second kappa shape index (κ2) is 10.2. The third-order valence-electron chi connectivity index (χ3n) is 5.81. The van der Waals surface area contributed by atoms with Crippen molar-refractivity contribution in [2.45, 2.75) is 45.6 Å². The lowest BCUT2D eigenvalue weighted by Crippen LogP contribution is -2.38. The van der Waals surface area contributed by atoms with Crippen LogP contribution in [-0.2, 0) is 22.6 Å². The molecule has 1 aliphatic carbocycles. The summed E-state index contributed by atoms with van der Waals surface area (Å²) in [6, 6.07) is 14.4. The molecular formula is C24H29FN2O2. The van der Waals surface area contributed by atoms with Crippen molar-refractivity contribution in [1.29, 1.82) is 0 Å². The van der Waals surface area contributed by atoms with Crippen LogP contribution in [0.25, 0.3) is 0 Å². The molecule has 0 heterocycles. The van der Waals surface area contributed by atoms with Crippen LogP contribution in [-0.4, -0.2) is 18.4 Å². The number of hydrogen-bond donors (Lipinski definition) is 2. The summed E-state index contributed by atoms with van der Waals surface area (Å²) < 4.78 is 12.9. The number of nitrogens with one attached hydrogen (secondary N) is 2. The minimum atomic E-state index is -0.252. The molecule has 0 aromatic heterocycles. The number of benzene rings is 2. The zero-order chi connectivity index (χ0) is 20.6. The smallest absolute Gasteiger partial charge is 0.223 e. The van der Waals surface area contributed by atoms with Gasteiger partial charge in [0.1, 0.15) is 5.82 Å². The Labute approximate surface area is 171 Å². The summed E-state index contributed by atoms with van der Waals surface area (Å²) in [5, 5.41) is 6.02. The fraction of sp³-hybridized carbons (Fsp3) is 0.417. The highest BCUT2D eigenvalue weighted by Crippen LogP contribution is 2.29. The van der Waals surface area contributed by atoms with Crippen LogP contribution in [0, 0.1) is 24.6 Å². The minimum Gasteiger partial charge on any atom is -0.356 e. The third-order valence-corrected chi connectivity index (χ3v) is 5.81. The second-order valence-electron chi connectivity index (χ2n) is 7.86. The average Bonchev–Trinajstić information content (AvgIpc) is 2.74. The first-order chi connectivity index (χ1) is 14.0. The molecule has 0 saturated heterocycles.